The first-order valence-electron chi connectivity index (χ1n) is 10.8. The van der Waals surface area contributed by atoms with Crippen LogP contribution in [0.4, 0.5) is 26.3 Å². The summed E-state index contributed by atoms with van der Waals surface area (Å²) in [6.07, 6.45) is -9.84. The van der Waals surface area contributed by atoms with E-state index in [2.05, 4.69) is 25.0 Å². The topological polar surface area (TPSA) is 105 Å². The van der Waals surface area contributed by atoms with Gasteiger partial charge in [-0.2, -0.15) is 0 Å². The summed E-state index contributed by atoms with van der Waals surface area (Å²) in [6.45, 7) is -0.207. The summed E-state index contributed by atoms with van der Waals surface area (Å²) in [6, 6.07) is -0.344. The molecule has 0 aromatic carbocycles. The van der Waals surface area contributed by atoms with Gasteiger partial charge in [-0.15, -0.1) is 36.5 Å². The molecule has 9 nitrogen and oxygen atoms in total. The maximum absolute atomic E-state index is 12.7. The average molecular weight is 503 g/mol. The van der Waals surface area contributed by atoms with Crippen LogP contribution >= 0.6 is 0 Å². The summed E-state index contributed by atoms with van der Waals surface area (Å²) in [4.78, 5) is 12.0. The van der Waals surface area contributed by atoms with E-state index in [4.69, 9.17) is 13.9 Å². The van der Waals surface area contributed by atoms with Crippen molar-refractivity contribution in [2.75, 3.05) is 13.2 Å². The monoisotopic (exact) mass is 503 g/mol. The van der Waals surface area contributed by atoms with Crippen molar-refractivity contribution >= 4 is 5.91 Å². The number of ether oxygens (including phenoxy) is 4. The van der Waals surface area contributed by atoms with Gasteiger partial charge in [0.05, 0.1) is 24.9 Å². The third kappa shape index (κ3) is 6.37. The summed E-state index contributed by atoms with van der Waals surface area (Å²) >= 11 is 0. The molecular weight excluding hydrogens is 480 g/mol. The van der Waals surface area contributed by atoms with Crippen molar-refractivity contribution in [3.05, 3.63) is 11.8 Å². The lowest BCUT2D eigenvalue weighted by molar-refractivity contribution is -0.387. The number of nitrogens with one attached hydrogen (secondary N) is 1. The molecule has 192 valence electrons. The number of carbonyl (C=O) groups excluding carboxylic acids is 1. The maximum atomic E-state index is 12.7. The van der Waals surface area contributed by atoms with Crippen LogP contribution < -0.4 is 5.32 Å². The van der Waals surface area contributed by atoms with Gasteiger partial charge in [-0.05, 0) is 32.1 Å². The van der Waals surface area contributed by atoms with Crippen LogP contribution in [0.15, 0.2) is 4.42 Å². The van der Waals surface area contributed by atoms with Crippen molar-refractivity contribution in [1.82, 2.24) is 15.5 Å². The van der Waals surface area contributed by atoms with E-state index in [9.17, 15) is 31.1 Å². The Morgan fingerprint density at radius 3 is 2.35 bits per heavy atom. The number of amides is 1. The van der Waals surface area contributed by atoms with Crippen LogP contribution in [0.2, 0.25) is 0 Å². The zero-order valence-corrected chi connectivity index (χ0v) is 17.8. The fourth-order valence-corrected chi connectivity index (χ4v) is 4.09. The van der Waals surface area contributed by atoms with Crippen LogP contribution in [0, 0.1) is 0 Å². The zero-order chi connectivity index (χ0) is 24.6. The zero-order valence-electron chi connectivity index (χ0n) is 17.8. The fraction of sp³-hybridized carbons (Fsp3) is 0.842. The first-order valence-corrected chi connectivity index (χ1v) is 10.8. The van der Waals surface area contributed by atoms with Crippen LogP contribution in [0.5, 0.6) is 0 Å². The summed E-state index contributed by atoms with van der Waals surface area (Å²) in [5, 5.41) is 10.3. The van der Waals surface area contributed by atoms with Crippen molar-refractivity contribution in [2.24, 2.45) is 0 Å². The Morgan fingerprint density at radius 1 is 1.06 bits per heavy atom. The highest BCUT2D eigenvalue weighted by atomic mass is 19.4. The Balaban J connectivity index is 1.17. The molecule has 0 spiro atoms. The van der Waals surface area contributed by atoms with Gasteiger partial charge in [-0.1, -0.05) is 0 Å². The van der Waals surface area contributed by atoms with Crippen LogP contribution in [0.25, 0.3) is 0 Å². The van der Waals surface area contributed by atoms with Crippen LogP contribution in [0.3, 0.4) is 0 Å². The van der Waals surface area contributed by atoms with Gasteiger partial charge < -0.3 is 19.2 Å². The first-order chi connectivity index (χ1) is 15.9. The standard InChI is InChI=1S/C19H23F6N3O6/c20-18(21,22)33-12-6-11(7-12)30-9-14(29)26-10-2-3-13(31-8-10)15-27-28-16(32-15)17(4-1-5-17)34-19(23,24)25/h10-13H,1-9H2,(H,26,29)/t10-,11?,12?,13+/m1/s1. The van der Waals surface area contributed by atoms with E-state index in [-0.39, 0.29) is 56.7 Å². The quantitative estimate of drug-likeness (QED) is 0.539. The molecule has 0 radical (unpaired) electrons. The Kier molecular flexibility index (Phi) is 7.09. The number of hydrogen-bond donors (Lipinski definition) is 1. The molecule has 2 heterocycles. The molecule has 1 N–H and O–H groups in total. The smallest absolute Gasteiger partial charge is 0.419 e. The SMILES string of the molecule is O=C(COC1CC(OC(F)(F)F)C1)N[C@@H]1CC[C@@H](c2nnc(C3(OC(F)(F)F)CCC3)o2)OC1. The van der Waals surface area contributed by atoms with Crippen molar-refractivity contribution < 1.29 is 54.5 Å². The molecule has 15 heteroatoms. The van der Waals surface area contributed by atoms with Crippen LogP contribution in [-0.4, -0.2) is 60.3 Å². The van der Waals surface area contributed by atoms with Crippen molar-refractivity contribution in [1.29, 1.82) is 0 Å². The number of alkyl halides is 6. The molecule has 1 aromatic rings. The summed E-state index contributed by atoms with van der Waals surface area (Å²) in [5.74, 6) is -0.634. The second-order valence-electron chi connectivity index (χ2n) is 8.59. The Morgan fingerprint density at radius 2 is 1.79 bits per heavy atom. The number of nitrogens with zero attached hydrogens (tertiary/aromatic N) is 2. The first kappa shape index (κ1) is 25.1. The Hall–Kier alpha value is -1.97. The van der Waals surface area contributed by atoms with E-state index in [0.717, 1.165) is 0 Å². The highest BCUT2D eigenvalue weighted by Crippen LogP contribution is 2.48. The highest BCUT2D eigenvalue weighted by molar-refractivity contribution is 5.77. The molecule has 2 atom stereocenters. The van der Waals surface area contributed by atoms with Crippen LogP contribution in [0.1, 0.15) is 62.8 Å². The molecule has 1 amide bonds. The Bertz CT molecular complexity index is 844. The molecule has 2 saturated carbocycles. The average Bonchev–Trinajstić information content (AvgIpc) is 3.16. The van der Waals surface area contributed by atoms with Crippen molar-refractivity contribution in [3.63, 3.8) is 0 Å². The lowest BCUT2D eigenvalue weighted by atomic mass is 9.80. The molecule has 4 rings (SSSR count). The lowest BCUT2D eigenvalue weighted by Crippen LogP contribution is -2.45. The molecular formula is C19H23F6N3O6. The van der Waals surface area contributed by atoms with E-state index in [1.54, 1.807) is 0 Å². The fourth-order valence-electron chi connectivity index (χ4n) is 4.09. The van der Waals surface area contributed by atoms with Gasteiger partial charge in [-0.3, -0.25) is 14.3 Å². The number of hydrogen-bond acceptors (Lipinski definition) is 8. The maximum Gasteiger partial charge on any atom is 0.523 e. The van der Waals surface area contributed by atoms with Crippen LogP contribution in [-0.2, 0) is 29.3 Å². The summed E-state index contributed by atoms with van der Waals surface area (Å²) in [7, 11) is 0. The molecule has 2 aliphatic carbocycles. The highest BCUT2D eigenvalue weighted by Gasteiger charge is 2.52. The lowest BCUT2D eigenvalue weighted by Gasteiger charge is -2.38. The number of aromatic nitrogens is 2. The summed E-state index contributed by atoms with van der Waals surface area (Å²) < 4.78 is 99.0. The second kappa shape index (κ2) is 9.59. The van der Waals surface area contributed by atoms with Gasteiger partial charge in [0.15, 0.2) is 5.60 Å². The van der Waals surface area contributed by atoms with Gasteiger partial charge in [-0.25, -0.2) is 0 Å². The van der Waals surface area contributed by atoms with E-state index in [1.807, 2.05) is 0 Å². The number of halogens is 6. The number of rotatable bonds is 8. The van der Waals surface area contributed by atoms with E-state index >= 15 is 0 Å². The third-order valence-corrected chi connectivity index (χ3v) is 6.02. The second-order valence-corrected chi connectivity index (χ2v) is 8.59. The van der Waals surface area contributed by atoms with E-state index in [0.29, 0.717) is 19.3 Å². The normalized spacial score (nSPS) is 29.2. The molecule has 0 unspecified atom stereocenters. The molecule has 34 heavy (non-hydrogen) atoms. The molecule has 0 bridgehead atoms. The predicted molar refractivity (Wildman–Crippen MR) is 96.7 cm³/mol. The predicted octanol–water partition coefficient (Wildman–Crippen LogP) is 3.41. The van der Waals surface area contributed by atoms with E-state index < -0.39 is 42.5 Å². The molecule has 1 aromatic heterocycles. The van der Waals surface area contributed by atoms with Gasteiger partial charge >= 0.3 is 12.7 Å². The van der Waals surface area contributed by atoms with Gasteiger partial charge in [0.2, 0.25) is 17.7 Å². The van der Waals surface area contributed by atoms with Gasteiger partial charge in [0.25, 0.3) is 0 Å². The minimum atomic E-state index is -4.83. The summed E-state index contributed by atoms with van der Waals surface area (Å²) in [5.41, 5.74) is -1.66. The van der Waals surface area contributed by atoms with Gasteiger partial charge in [0, 0.05) is 12.8 Å². The van der Waals surface area contributed by atoms with Crippen molar-refractivity contribution in [3.8, 4) is 0 Å². The molecule has 1 aliphatic heterocycles. The molecule has 1 saturated heterocycles. The molecule has 3 aliphatic rings. The van der Waals surface area contributed by atoms with E-state index in [1.165, 1.54) is 0 Å². The van der Waals surface area contributed by atoms with Crippen molar-refractivity contribution in [2.45, 2.75) is 87.6 Å². The minimum Gasteiger partial charge on any atom is -0.419 e. The van der Waals surface area contributed by atoms with Gasteiger partial charge in [0.1, 0.15) is 12.7 Å². The Labute approximate surface area is 189 Å². The third-order valence-electron chi connectivity index (χ3n) is 6.02. The molecule has 3 fully saturated rings. The largest absolute Gasteiger partial charge is 0.523 e. The minimum absolute atomic E-state index is 0.0424. The number of carbonyl (C=O) groups is 1.